The molecule has 1 unspecified atom stereocenters. The minimum Gasteiger partial charge on any atom is -0.0596 e. The van der Waals surface area contributed by atoms with Gasteiger partial charge in [0, 0.05) is 0 Å². The molecule has 0 N–H and O–H groups in total. The molecule has 2 atom stereocenters. The van der Waals surface area contributed by atoms with Crippen molar-refractivity contribution in [1.29, 1.82) is 0 Å². The molecule has 0 nitrogen and oxygen atoms in total. The van der Waals surface area contributed by atoms with E-state index in [1.165, 1.54) is 37.7 Å². The molecule has 2 aliphatic rings. The molecular formula is C20H30. The van der Waals surface area contributed by atoms with E-state index in [0.717, 1.165) is 5.92 Å². The monoisotopic (exact) mass is 270 g/mol. The Labute approximate surface area is 125 Å². The molecule has 1 aromatic carbocycles. The summed E-state index contributed by atoms with van der Waals surface area (Å²) in [5, 5.41) is 0. The van der Waals surface area contributed by atoms with E-state index in [-0.39, 0.29) is 0 Å². The summed E-state index contributed by atoms with van der Waals surface area (Å²) in [5.74, 6) is 1.51. The van der Waals surface area contributed by atoms with E-state index in [0.29, 0.717) is 16.7 Å². The Morgan fingerprint density at radius 3 is 2.55 bits per heavy atom. The van der Waals surface area contributed by atoms with Crippen LogP contribution in [0.4, 0.5) is 0 Å². The Hall–Kier alpha value is -0.780. The Kier molecular flexibility index (Phi) is 3.27. The fourth-order valence-electron chi connectivity index (χ4n) is 5.19. The van der Waals surface area contributed by atoms with Crippen LogP contribution in [0.3, 0.4) is 0 Å². The van der Waals surface area contributed by atoms with Gasteiger partial charge in [-0.05, 0) is 65.0 Å². The van der Waals surface area contributed by atoms with Gasteiger partial charge in [0.15, 0.2) is 0 Å². The third-order valence-corrected chi connectivity index (χ3v) is 6.34. The average Bonchev–Trinajstić information content (AvgIpc) is 2.37. The van der Waals surface area contributed by atoms with E-state index in [2.05, 4.69) is 52.8 Å². The van der Waals surface area contributed by atoms with Crippen molar-refractivity contribution in [2.45, 2.75) is 78.1 Å². The molecule has 0 heteroatoms. The lowest BCUT2D eigenvalue weighted by Crippen LogP contribution is -2.47. The molecule has 3 rings (SSSR count). The number of hydrogen-bond acceptors (Lipinski definition) is 0. The van der Waals surface area contributed by atoms with Crippen LogP contribution in [0.25, 0.3) is 0 Å². The van der Waals surface area contributed by atoms with Gasteiger partial charge < -0.3 is 0 Å². The summed E-state index contributed by atoms with van der Waals surface area (Å²) >= 11 is 0. The van der Waals surface area contributed by atoms with Crippen molar-refractivity contribution >= 4 is 0 Å². The molecule has 2 aliphatic carbocycles. The lowest BCUT2D eigenvalue weighted by molar-refractivity contribution is 0.0407. The standard InChI is InChI=1S/C20H30/c1-14(2)15-7-9-17-16(13-15)8-10-18-19(3,4)11-6-12-20(17,18)5/h7,9,13-14,18H,6,8,10-12H2,1-5H3/t18?,20-/m0/s1. The normalized spacial score (nSPS) is 31.8. The molecular weight excluding hydrogens is 240 g/mol. The lowest BCUT2D eigenvalue weighted by atomic mass is 9.50. The van der Waals surface area contributed by atoms with Gasteiger partial charge in [0.25, 0.3) is 0 Å². The van der Waals surface area contributed by atoms with E-state index in [4.69, 9.17) is 0 Å². The molecule has 0 aliphatic heterocycles. The molecule has 1 aromatic rings. The molecule has 20 heavy (non-hydrogen) atoms. The maximum absolute atomic E-state index is 2.55. The second-order valence-corrected chi connectivity index (χ2v) is 8.42. The third-order valence-electron chi connectivity index (χ3n) is 6.34. The zero-order chi connectivity index (χ0) is 14.5. The van der Waals surface area contributed by atoms with Crippen LogP contribution in [0.1, 0.15) is 82.9 Å². The van der Waals surface area contributed by atoms with Crippen LogP contribution in [0.5, 0.6) is 0 Å². The molecule has 0 bridgehead atoms. The van der Waals surface area contributed by atoms with E-state index in [1.807, 2.05) is 0 Å². The van der Waals surface area contributed by atoms with E-state index in [1.54, 1.807) is 11.1 Å². The highest BCUT2D eigenvalue weighted by molar-refractivity contribution is 5.42. The summed E-state index contributed by atoms with van der Waals surface area (Å²) in [5.41, 5.74) is 5.77. The minimum atomic E-state index is 0.421. The smallest absolute Gasteiger partial charge is 0.00391 e. The van der Waals surface area contributed by atoms with Gasteiger partial charge in [-0.25, -0.2) is 0 Å². The Morgan fingerprint density at radius 1 is 1.10 bits per heavy atom. The minimum absolute atomic E-state index is 0.421. The molecule has 0 saturated heterocycles. The largest absolute Gasteiger partial charge is 0.0596 e. The van der Waals surface area contributed by atoms with Crippen LogP contribution >= 0.6 is 0 Å². The fraction of sp³-hybridized carbons (Fsp3) is 0.700. The van der Waals surface area contributed by atoms with Crippen molar-refractivity contribution in [2.75, 3.05) is 0 Å². The Balaban J connectivity index is 2.06. The van der Waals surface area contributed by atoms with E-state index < -0.39 is 0 Å². The summed E-state index contributed by atoms with van der Waals surface area (Å²) in [6.07, 6.45) is 6.87. The Morgan fingerprint density at radius 2 is 1.85 bits per heavy atom. The average molecular weight is 270 g/mol. The molecule has 0 heterocycles. The predicted molar refractivity (Wildman–Crippen MR) is 87.3 cm³/mol. The maximum atomic E-state index is 2.55. The van der Waals surface area contributed by atoms with E-state index >= 15 is 0 Å². The third kappa shape index (κ3) is 2.03. The number of hydrogen-bond donors (Lipinski definition) is 0. The summed E-state index contributed by atoms with van der Waals surface area (Å²) in [6, 6.07) is 7.36. The van der Waals surface area contributed by atoms with Gasteiger partial charge in [-0.15, -0.1) is 0 Å². The second-order valence-electron chi connectivity index (χ2n) is 8.42. The fourth-order valence-corrected chi connectivity index (χ4v) is 5.19. The van der Waals surface area contributed by atoms with Crippen molar-refractivity contribution in [2.24, 2.45) is 11.3 Å². The first-order valence-electron chi connectivity index (χ1n) is 8.48. The van der Waals surface area contributed by atoms with Gasteiger partial charge in [-0.3, -0.25) is 0 Å². The van der Waals surface area contributed by atoms with Crippen LogP contribution in [0.15, 0.2) is 18.2 Å². The van der Waals surface area contributed by atoms with Crippen molar-refractivity contribution < 1.29 is 0 Å². The maximum Gasteiger partial charge on any atom is -0.00391 e. The quantitative estimate of drug-likeness (QED) is 0.601. The second kappa shape index (κ2) is 4.61. The molecule has 0 aromatic heterocycles. The summed E-state index contributed by atoms with van der Waals surface area (Å²) in [6.45, 7) is 12.2. The number of rotatable bonds is 1. The van der Waals surface area contributed by atoms with Gasteiger partial charge in [0.2, 0.25) is 0 Å². The van der Waals surface area contributed by atoms with Crippen LogP contribution in [0, 0.1) is 11.3 Å². The molecule has 0 radical (unpaired) electrons. The van der Waals surface area contributed by atoms with Gasteiger partial charge in [-0.2, -0.15) is 0 Å². The Bertz CT molecular complexity index is 509. The number of fused-ring (bicyclic) bond motifs is 3. The van der Waals surface area contributed by atoms with Gasteiger partial charge >= 0.3 is 0 Å². The first-order valence-corrected chi connectivity index (χ1v) is 8.48. The van der Waals surface area contributed by atoms with Crippen molar-refractivity contribution in [3.05, 3.63) is 34.9 Å². The summed E-state index contributed by atoms with van der Waals surface area (Å²) in [7, 11) is 0. The van der Waals surface area contributed by atoms with Crippen molar-refractivity contribution in [3.8, 4) is 0 Å². The molecule has 1 fully saturated rings. The lowest BCUT2D eigenvalue weighted by Gasteiger charge is -2.54. The van der Waals surface area contributed by atoms with Crippen molar-refractivity contribution in [1.82, 2.24) is 0 Å². The summed E-state index contributed by atoms with van der Waals surface area (Å²) in [4.78, 5) is 0. The summed E-state index contributed by atoms with van der Waals surface area (Å²) < 4.78 is 0. The van der Waals surface area contributed by atoms with Gasteiger partial charge in [0.1, 0.15) is 0 Å². The number of benzene rings is 1. The van der Waals surface area contributed by atoms with Crippen LogP contribution < -0.4 is 0 Å². The van der Waals surface area contributed by atoms with Crippen LogP contribution in [-0.2, 0) is 11.8 Å². The van der Waals surface area contributed by atoms with Gasteiger partial charge in [-0.1, -0.05) is 59.2 Å². The van der Waals surface area contributed by atoms with E-state index in [9.17, 15) is 0 Å². The highest BCUT2D eigenvalue weighted by atomic mass is 14.5. The molecule has 110 valence electrons. The molecule has 0 spiro atoms. The zero-order valence-corrected chi connectivity index (χ0v) is 13.9. The highest BCUT2D eigenvalue weighted by Gasteiger charge is 2.49. The molecule has 1 saturated carbocycles. The first kappa shape index (κ1) is 14.2. The van der Waals surface area contributed by atoms with Gasteiger partial charge in [0.05, 0.1) is 0 Å². The topological polar surface area (TPSA) is 0 Å². The first-order chi connectivity index (χ1) is 9.34. The van der Waals surface area contributed by atoms with Crippen molar-refractivity contribution in [3.63, 3.8) is 0 Å². The molecule has 0 amide bonds. The highest BCUT2D eigenvalue weighted by Crippen LogP contribution is 2.57. The predicted octanol–water partition coefficient (Wildman–Crippen LogP) is 5.84. The number of aryl methyl sites for hydroxylation is 1. The van der Waals surface area contributed by atoms with Crippen LogP contribution in [-0.4, -0.2) is 0 Å². The van der Waals surface area contributed by atoms with Crippen LogP contribution in [0.2, 0.25) is 0 Å². The zero-order valence-electron chi connectivity index (χ0n) is 13.9. The SMILES string of the molecule is CC(C)c1ccc2c(c1)CCC1C(C)(C)CCC[C@@]21C.